The van der Waals surface area contributed by atoms with E-state index in [0.717, 1.165) is 5.56 Å². The Bertz CT molecular complexity index is 410. The number of rotatable bonds is 3. The van der Waals surface area contributed by atoms with E-state index in [1.807, 2.05) is 19.1 Å². The highest BCUT2D eigenvalue weighted by Crippen LogP contribution is 2.20. The maximum absolute atomic E-state index is 8.60. The highest BCUT2D eigenvalue weighted by atomic mass is 15.2. The minimum Gasteiger partial charge on any atom is -0.396 e. The fourth-order valence-corrected chi connectivity index (χ4v) is 1.23. The van der Waals surface area contributed by atoms with Crippen LogP contribution in [0, 0.1) is 29.6 Å². The molecule has 5 heteroatoms. The van der Waals surface area contributed by atoms with Crippen LogP contribution in [-0.2, 0) is 0 Å². The molecule has 0 radical (unpaired) electrons. The molecule has 0 spiro atoms. The second kappa shape index (κ2) is 4.83. The number of hydrogen-bond acceptors (Lipinski definition) is 5. The largest absolute Gasteiger partial charge is 0.396 e. The van der Waals surface area contributed by atoms with Crippen molar-refractivity contribution in [2.75, 3.05) is 23.7 Å². The van der Waals surface area contributed by atoms with Crippen LogP contribution in [0.4, 0.5) is 11.5 Å². The molecule has 0 aliphatic heterocycles. The van der Waals surface area contributed by atoms with Crippen LogP contribution in [0.25, 0.3) is 0 Å². The summed E-state index contributed by atoms with van der Waals surface area (Å²) < 4.78 is 0. The molecule has 0 aromatic carbocycles. The summed E-state index contributed by atoms with van der Waals surface area (Å²) in [7, 11) is 0. The minimum absolute atomic E-state index is 0.105. The first-order valence-corrected chi connectivity index (χ1v) is 4.40. The molecule has 0 unspecified atom stereocenters. The van der Waals surface area contributed by atoms with Crippen LogP contribution in [0.1, 0.15) is 5.56 Å². The summed E-state index contributed by atoms with van der Waals surface area (Å²) >= 11 is 0. The highest BCUT2D eigenvalue weighted by molar-refractivity contribution is 5.64. The van der Waals surface area contributed by atoms with Crippen molar-refractivity contribution in [2.24, 2.45) is 0 Å². The van der Waals surface area contributed by atoms with Crippen molar-refractivity contribution in [2.45, 2.75) is 6.92 Å². The van der Waals surface area contributed by atoms with Gasteiger partial charge in [0.05, 0.1) is 17.8 Å². The van der Waals surface area contributed by atoms with Gasteiger partial charge in [0, 0.05) is 6.20 Å². The zero-order chi connectivity index (χ0) is 11.3. The molecule has 0 aliphatic carbocycles. The zero-order valence-electron chi connectivity index (χ0n) is 8.44. The van der Waals surface area contributed by atoms with Crippen molar-refractivity contribution in [3.8, 4) is 12.1 Å². The monoisotopic (exact) mass is 201 g/mol. The van der Waals surface area contributed by atoms with Gasteiger partial charge in [0.1, 0.15) is 13.1 Å². The number of nitrogens with two attached hydrogens (primary N) is 1. The Labute approximate surface area is 88.4 Å². The van der Waals surface area contributed by atoms with Crippen molar-refractivity contribution in [3.05, 3.63) is 17.8 Å². The summed E-state index contributed by atoms with van der Waals surface area (Å²) in [6.07, 6.45) is 1.66. The number of nitriles is 2. The van der Waals surface area contributed by atoms with Crippen molar-refractivity contribution in [3.63, 3.8) is 0 Å². The number of hydrogen-bond donors (Lipinski definition) is 1. The molecule has 0 atom stereocenters. The second-order valence-corrected chi connectivity index (χ2v) is 3.10. The summed E-state index contributed by atoms with van der Waals surface area (Å²) in [6.45, 7) is 2.09. The molecule has 1 heterocycles. The van der Waals surface area contributed by atoms with Gasteiger partial charge in [-0.15, -0.1) is 0 Å². The number of aryl methyl sites for hydroxylation is 1. The topological polar surface area (TPSA) is 89.7 Å². The second-order valence-electron chi connectivity index (χ2n) is 3.10. The molecule has 5 nitrogen and oxygen atoms in total. The van der Waals surface area contributed by atoms with Gasteiger partial charge in [0.2, 0.25) is 0 Å². The molecule has 1 rings (SSSR count). The van der Waals surface area contributed by atoms with Gasteiger partial charge in [-0.1, -0.05) is 0 Å². The Morgan fingerprint density at radius 2 is 2.00 bits per heavy atom. The lowest BCUT2D eigenvalue weighted by Crippen LogP contribution is -2.25. The van der Waals surface area contributed by atoms with E-state index in [0.29, 0.717) is 11.5 Å². The lowest BCUT2D eigenvalue weighted by Gasteiger charge is -2.18. The van der Waals surface area contributed by atoms with Crippen LogP contribution in [0.15, 0.2) is 12.3 Å². The normalized spacial score (nSPS) is 9.00. The number of nitrogen functional groups attached to an aromatic ring is 1. The molecule has 0 amide bonds. The van der Waals surface area contributed by atoms with Crippen LogP contribution >= 0.6 is 0 Å². The van der Waals surface area contributed by atoms with E-state index >= 15 is 0 Å². The summed E-state index contributed by atoms with van der Waals surface area (Å²) in [5, 5.41) is 17.2. The molecule has 2 N–H and O–H groups in total. The lowest BCUT2D eigenvalue weighted by atomic mass is 10.2. The SMILES string of the molecule is Cc1cnc(N(CC#N)CC#N)c(N)c1. The van der Waals surface area contributed by atoms with E-state index in [-0.39, 0.29) is 13.1 Å². The first-order chi connectivity index (χ1) is 7.19. The fourth-order valence-electron chi connectivity index (χ4n) is 1.23. The number of anilines is 2. The van der Waals surface area contributed by atoms with Crippen LogP contribution in [0.2, 0.25) is 0 Å². The van der Waals surface area contributed by atoms with Gasteiger partial charge in [0.15, 0.2) is 5.82 Å². The van der Waals surface area contributed by atoms with Crippen LogP contribution < -0.4 is 10.6 Å². The van der Waals surface area contributed by atoms with E-state index in [9.17, 15) is 0 Å². The van der Waals surface area contributed by atoms with E-state index < -0.39 is 0 Å². The third kappa shape index (κ3) is 2.58. The maximum atomic E-state index is 8.60. The third-order valence-corrected chi connectivity index (χ3v) is 1.85. The molecular weight excluding hydrogens is 190 g/mol. The highest BCUT2D eigenvalue weighted by Gasteiger charge is 2.10. The predicted molar refractivity (Wildman–Crippen MR) is 56.8 cm³/mol. The molecule has 0 saturated heterocycles. The Morgan fingerprint density at radius 1 is 1.40 bits per heavy atom. The van der Waals surface area contributed by atoms with Gasteiger partial charge in [-0.3, -0.25) is 0 Å². The van der Waals surface area contributed by atoms with Crippen molar-refractivity contribution in [1.29, 1.82) is 10.5 Å². The maximum Gasteiger partial charge on any atom is 0.153 e. The summed E-state index contributed by atoms with van der Waals surface area (Å²) in [5.41, 5.74) is 7.20. The quantitative estimate of drug-likeness (QED) is 0.731. The molecular formula is C10H11N5. The Balaban J connectivity index is 3.02. The molecule has 0 bridgehead atoms. The van der Waals surface area contributed by atoms with Gasteiger partial charge in [-0.25, -0.2) is 4.98 Å². The number of pyridine rings is 1. The van der Waals surface area contributed by atoms with Crippen molar-refractivity contribution >= 4 is 11.5 Å². The van der Waals surface area contributed by atoms with Gasteiger partial charge < -0.3 is 10.6 Å². The smallest absolute Gasteiger partial charge is 0.153 e. The Hall–Kier alpha value is -2.27. The fraction of sp³-hybridized carbons (Fsp3) is 0.300. The summed E-state index contributed by atoms with van der Waals surface area (Å²) in [6, 6.07) is 5.71. The van der Waals surface area contributed by atoms with E-state index in [1.54, 1.807) is 12.3 Å². The van der Waals surface area contributed by atoms with Crippen LogP contribution in [0.5, 0.6) is 0 Å². The molecule has 1 aromatic rings. The molecule has 1 aromatic heterocycles. The van der Waals surface area contributed by atoms with E-state index in [1.165, 1.54) is 4.90 Å². The van der Waals surface area contributed by atoms with E-state index in [2.05, 4.69) is 4.98 Å². The predicted octanol–water partition coefficient (Wildman–Crippen LogP) is 0.826. The average Bonchev–Trinajstić information content (AvgIpc) is 2.17. The number of nitrogens with zero attached hydrogens (tertiary/aromatic N) is 4. The van der Waals surface area contributed by atoms with Crippen molar-refractivity contribution < 1.29 is 0 Å². The number of aromatic nitrogens is 1. The standard InChI is InChI=1S/C10H11N5/c1-8-6-9(13)10(14-7-8)15(4-2-11)5-3-12/h6-7H,4-5,13H2,1H3. The van der Waals surface area contributed by atoms with E-state index in [4.69, 9.17) is 16.3 Å². The van der Waals surface area contributed by atoms with Gasteiger partial charge in [-0.05, 0) is 18.6 Å². The minimum atomic E-state index is 0.105. The third-order valence-electron chi connectivity index (χ3n) is 1.85. The average molecular weight is 201 g/mol. The van der Waals surface area contributed by atoms with Gasteiger partial charge in [-0.2, -0.15) is 10.5 Å². The molecule has 15 heavy (non-hydrogen) atoms. The molecule has 76 valence electrons. The van der Waals surface area contributed by atoms with Crippen LogP contribution in [0.3, 0.4) is 0 Å². The zero-order valence-corrected chi connectivity index (χ0v) is 8.44. The lowest BCUT2D eigenvalue weighted by molar-refractivity contribution is 0.936. The van der Waals surface area contributed by atoms with Crippen molar-refractivity contribution in [1.82, 2.24) is 4.98 Å². The molecule has 0 saturated carbocycles. The molecule has 0 fully saturated rings. The summed E-state index contributed by atoms with van der Waals surface area (Å²) in [5.74, 6) is 0.490. The Kier molecular flexibility index (Phi) is 3.48. The van der Waals surface area contributed by atoms with Gasteiger partial charge >= 0.3 is 0 Å². The molecule has 0 aliphatic rings. The first kappa shape index (κ1) is 10.8. The van der Waals surface area contributed by atoms with Gasteiger partial charge in [0.25, 0.3) is 0 Å². The van der Waals surface area contributed by atoms with Crippen LogP contribution in [-0.4, -0.2) is 18.1 Å². The Morgan fingerprint density at radius 3 is 2.47 bits per heavy atom. The summed E-state index contributed by atoms with van der Waals surface area (Å²) in [4.78, 5) is 5.65. The first-order valence-electron chi connectivity index (χ1n) is 4.40.